The van der Waals surface area contributed by atoms with Crippen LogP contribution in [0.1, 0.15) is 144 Å². The molecule has 0 amide bonds. The van der Waals surface area contributed by atoms with E-state index in [1.165, 1.54) is 84.0 Å². The molecule has 4 aromatic rings. The molecule has 0 saturated heterocycles. The van der Waals surface area contributed by atoms with Gasteiger partial charge in [-0.3, -0.25) is 4.98 Å². The maximum atomic E-state index is 5.46. The van der Waals surface area contributed by atoms with Crippen molar-refractivity contribution >= 4 is 5.69 Å². The molecule has 45 heavy (non-hydrogen) atoms. The summed E-state index contributed by atoms with van der Waals surface area (Å²) in [5, 5.41) is 8.03. The highest BCUT2D eigenvalue weighted by Crippen LogP contribution is 2.39. The number of benzene rings is 3. The van der Waals surface area contributed by atoms with Gasteiger partial charge in [0, 0.05) is 23.8 Å². The molecule has 1 fully saturated rings. The minimum atomic E-state index is -0.0823. The summed E-state index contributed by atoms with van der Waals surface area (Å²) in [7, 11) is 0. The van der Waals surface area contributed by atoms with E-state index < -0.39 is 0 Å². The molecule has 1 aromatic heterocycles. The number of aromatic nitrogens is 1. The number of pyridine rings is 1. The van der Waals surface area contributed by atoms with Crippen molar-refractivity contribution in [3.63, 3.8) is 0 Å². The van der Waals surface area contributed by atoms with Crippen LogP contribution in [0.5, 0.6) is 0 Å². The first-order chi connectivity index (χ1) is 21.8. The van der Waals surface area contributed by atoms with Crippen molar-refractivity contribution in [1.29, 1.82) is 0 Å². The second-order valence-electron chi connectivity index (χ2n) is 14.0. The Labute approximate surface area is 273 Å². The monoisotopic (exact) mass is 601 g/mol. The van der Waals surface area contributed by atoms with Crippen LogP contribution in [0.3, 0.4) is 0 Å². The number of nitrogens with one attached hydrogen (secondary N) is 2. The second kappa shape index (κ2) is 15.7. The van der Waals surface area contributed by atoms with Crippen LogP contribution in [0.4, 0.5) is 5.69 Å². The quantitative estimate of drug-likeness (QED) is 0.180. The summed E-state index contributed by atoms with van der Waals surface area (Å²) in [4.78, 5) is 5.46. The van der Waals surface area contributed by atoms with E-state index in [9.17, 15) is 0 Å². The fourth-order valence-corrected chi connectivity index (χ4v) is 7.07. The smallest absolute Gasteiger partial charge is 0.0943 e. The van der Waals surface area contributed by atoms with Crippen molar-refractivity contribution in [1.82, 2.24) is 10.3 Å². The molecule has 1 heterocycles. The fraction of sp³-hybridized carbons (Fsp3) is 0.452. The van der Waals surface area contributed by atoms with Crippen LogP contribution in [-0.2, 0) is 6.54 Å². The first kappa shape index (κ1) is 32.9. The molecule has 1 saturated carbocycles. The van der Waals surface area contributed by atoms with E-state index in [0.29, 0.717) is 23.8 Å². The fourth-order valence-electron chi connectivity index (χ4n) is 7.07. The zero-order valence-electron chi connectivity index (χ0n) is 28.6. The van der Waals surface area contributed by atoms with Crippen molar-refractivity contribution in [2.75, 3.05) is 5.32 Å². The predicted molar refractivity (Wildman–Crippen MR) is 193 cm³/mol. The Bertz CT molecular complexity index is 1480. The van der Waals surface area contributed by atoms with Crippen LogP contribution in [0.25, 0.3) is 11.3 Å². The van der Waals surface area contributed by atoms with Crippen LogP contribution in [0.15, 0.2) is 84.9 Å². The number of anilines is 1. The average Bonchev–Trinajstić information content (AvgIpc) is 3.03. The highest BCUT2D eigenvalue weighted by molar-refractivity contribution is 5.66. The average molecular weight is 602 g/mol. The molecule has 3 aromatic carbocycles. The van der Waals surface area contributed by atoms with Crippen LogP contribution < -0.4 is 10.6 Å². The number of rotatable bonds is 11. The summed E-state index contributed by atoms with van der Waals surface area (Å²) in [5.74, 6) is 1.21. The van der Waals surface area contributed by atoms with Crippen molar-refractivity contribution in [3.05, 3.63) is 118 Å². The number of hydrogen-bond acceptors (Lipinski definition) is 3. The van der Waals surface area contributed by atoms with Crippen molar-refractivity contribution < 1.29 is 0 Å². The standard InChI is InChI=1S/C42H55N3/c1-29(2)34-21-14-15-23-38(34)42(45-41-35(30(3)4)24-16-25-36(41)31(5)6)40-27-17-26-39(44-40)37-22-13-12-18-32(37)28-43-33-19-10-8-7-9-11-20-33/h12-18,21-27,29-31,33,42-43,45H,7-11,19-20,28H2,1-6H3. The Kier molecular flexibility index (Phi) is 11.5. The minimum Gasteiger partial charge on any atom is -0.372 e. The van der Waals surface area contributed by atoms with Gasteiger partial charge in [0.15, 0.2) is 0 Å². The normalized spacial score (nSPS) is 15.3. The zero-order chi connectivity index (χ0) is 31.8. The van der Waals surface area contributed by atoms with E-state index in [1.807, 2.05) is 0 Å². The number of hydrogen-bond donors (Lipinski definition) is 2. The molecule has 0 radical (unpaired) electrons. The first-order valence-corrected chi connectivity index (χ1v) is 17.6. The Morgan fingerprint density at radius 2 is 1.16 bits per heavy atom. The molecule has 1 unspecified atom stereocenters. The molecule has 1 aliphatic rings. The van der Waals surface area contributed by atoms with E-state index >= 15 is 0 Å². The topological polar surface area (TPSA) is 37.0 Å². The Balaban J connectivity index is 1.55. The minimum absolute atomic E-state index is 0.0823. The van der Waals surface area contributed by atoms with Gasteiger partial charge in [0.2, 0.25) is 0 Å². The van der Waals surface area contributed by atoms with Gasteiger partial charge in [0.05, 0.1) is 17.4 Å². The third-order valence-electron chi connectivity index (χ3n) is 9.64. The molecule has 1 aliphatic carbocycles. The third kappa shape index (κ3) is 8.24. The molecule has 5 rings (SSSR count). The third-order valence-corrected chi connectivity index (χ3v) is 9.64. The van der Waals surface area contributed by atoms with Crippen molar-refractivity contribution in [2.45, 2.75) is 123 Å². The summed E-state index contributed by atoms with van der Waals surface area (Å²) in [6.07, 6.45) is 9.41. The number of para-hydroxylation sites is 1. The van der Waals surface area contributed by atoms with Gasteiger partial charge in [-0.1, -0.05) is 146 Å². The lowest BCUT2D eigenvalue weighted by Crippen LogP contribution is -2.29. The van der Waals surface area contributed by atoms with E-state index in [-0.39, 0.29) is 6.04 Å². The zero-order valence-corrected chi connectivity index (χ0v) is 28.6. The summed E-state index contributed by atoms with van der Waals surface area (Å²) in [6.45, 7) is 14.6. The predicted octanol–water partition coefficient (Wildman–Crippen LogP) is 11.5. The van der Waals surface area contributed by atoms with E-state index in [1.54, 1.807) is 0 Å². The largest absolute Gasteiger partial charge is 0.372 e. The molecule has 1 atom stereocenters. The second-order valence-corrected chi connectivity index (χ2v) is 14.0. The SMILES string of the molecule is CC(C)c1ccccc1C(Nc1c(C(C)C)cccc1C(C)C)c1cccc(-c2ccccc2CNC2CCCCCCC2)n1. The van der Waals surface area contributed by atoms with Crippen LogP contribution >= 0.6 is 0 Å². The van der Waals surface area contributed by atoms with Gasteiger partial charge in [-0.15, -0.1) is 0 Å². The highest BCUT2D eigenvalue weighted by Gasteiger charge is 2.24. The molecule has 3 nitrogen and oxygen atoms in total. The van der Waals surface area contributed by atoms with Crippen LogP contribution in [0.2, 0.25) is 0 Å². The Hall–Kier alpha value is -3.43. The van der Waals surface area contributed by atoms with Gasteiger partial charge < -0.3 is 10.6 Å². The van der Waals surface area contributed by atoms with Crippen LogP contribution in [0, 0.1) is 0 Å². The first-order valence-electron chi connectivity index (χ1n) is 17.6. The van der Waals surface area contributed by atoms with Gasteiger partial charge >= 0.3 is 0 Å². The summed E-state index contributed by atoms with van der Waals surface area (Å²) < 4.78 is 0. The van der Waals surface area contributed by atoms with Crippen molar-refractivity contribution in [3.8, 4) is 11.3 Å². The van der Waals surface area contributed by atoms with E-state index in [4.69, 9.17) is 4.98 Å². The van der Waals surface area contributed by atoms with Crippen LogP contribution in [-0.4, -0.2) is 11.0 Å². The van der Waals surface area contributed by atoms with Gasteiger partial charge in [-0.05, 0) is 70.5 Å². The molecule has 2 N–H and O–H groups in total. The molecule has 0 aliphatic heterocycles. The lowest BCUT2D eigenvalue weighted by molar-refractivity contribution is 0.389. The molecule has 3 heteroatoms. The maximum absolute atomic E-state index is 5.46. The molecular formula is C42H55N3. The van der Waals surface area contributed by atoms with E-state index in [0.717, 1.165) is 17.9 Å². The molecule has 0 spiro atoms. The Morgan fingerprint density at radius 1 is 0.600 bits per heavy atom. The van der Waals surface area contributed by atoms with Gasteiger partial charge in [0.25, 0.3) is 0 Å². The maximum Gasteiger partial charge on any atom is 0.0943 e. The van der Waals surface area contributed by atoms with Crippen molar-refractivity contribution in [2.24, 2.45) is 0 Å². The molecular weight excluding hydrogens is 546 g/mol. The van der Waals surface area contributed by atoms with Gasteiger partial charge in [0.1, 0.15) is 0 Å². The molecule has 0 bridgehead atoms. The molecule has 238 valence electrons. The van der Waals surface area contributed by atoms with Gasteiger partial charge in [-0.2, -0.15) is 0 Å². The lowest BCUT2D eigenvalue weighted by atomic mass is 9.88. The Morgan fingerprint density at radius 3 is 1.82 bits per heavy atom. The lowest BCUT2D eigenvalue weighted by Gasteiger charge is -2.29. The van der Waals surface area contributed by atoms with E-state index in [2.05, 4.69) is 137 Å². The summed E-state index contributed by atoms with van der Waals surface area (Å²) in [5.41, 5.74) is 11.3. The number of nitrogens with zero attached hydrogens (tertiary/aromatic N) is 1. The summed E-state index contributed by atoms with van der Waals surface area (Å²) in [6, 6.07) is 31.7. The highest BCUT2D eigenvalue weighted by atomic mass is 15.0. The van der Waals surface area contributed by atoms with Gasteiger partial charge in [-0.25, -0.2) is 0 Å². The summed E-state index contributed by atoms with van der Waals surface area (Å²) >= 11 is 0.